The Hall–Kier alpha value is -0.268. The maximum Gasteiger partial charge on any atom is 1.00 e. The predicted octanol–water partition coefficient (Wildman–Crippen LogP) is 0.883. The van der Waals surface area contributed by atoms with Gasteiger partial charge in [-0.25, -0.2) is 4.39 Å². The first-order valence-electron chi connectivity index (χ1n) is 7.45. The molecule has 0 saturated carbocycles. The number of hydrogen-bond acceptors (Lipinski definition) is 2. The van der Waals surface area contributed by atoms with Gasteiger partial charge in [0.15, 0.2) is 0 Å². The van der Waals surface area contributed by atoms with E-state index in [-0.39, 0.29) is 41.7 Å². The molecular formula is C16H25BFLiO2. The molecule has 1 atom stereocenters. The summed E-state index contributed by atoms with van der Waals surface area (Å²) in [6.45, 7) is 10.9. The van der Waals surface area contributed by atoms with Crippen molar-refractivity contribution in [3.8, 4) is 0 Å². The summed E-state index contributed by atoms with van der Waals surface area (Å²) in [6, 6.07) is 6.54. The average molecular weight is 286 g/mol. The van der Waals surface area contributed by atoms with Gasteiger partial charge in [0.05, 0.1) is 0 Å². The molecule has 2 nitrogen and oxygen atoms in total. The number of halogens is 1. The van der Waals surface area contributed by atoms with E-state index in [1.807, 2.05) is 0 Å². The van der Waals surface area contributed by atoms with Crippen LogP contribution in [-0.2, 0) is 9.31 Å². The van der Waals surface area contributed by atoms with Crippen LogP contribution < -0.4 is 24.3 Å². The average Bonchev–Trinajstić information content (AvgIpc) is 2.56. The summed E-state index contributed by atoms with van der Waals surface area (Å²) < 4.78 is 26.1. The van der Waals surface area contributed by atoms with Crippen LogP contribution in [-0.4, -0.2) is 17.8 Å². The second-order valence-electron chi connectivity index (χ2n) is 6.96. The standard InChI is InChI=1S/C16H25BFO2.Li/c1-7-12(2)17(13-8-10-14(18)11-9-13)19-15(3,4)16(5,6)20-17;/h8-12H,7H2,1-6H3;/q-1;+1. The van der Waals surface area contributed by atoms with Crippen LogP contribution in [0.4, 0.5) is 4.39 Å². The summed E-state index contributed by atoms with van der Waals surface area (Å²) in [6.07, 6.45) is 0.948. The summed E-state index contributed by atoms with van der Waals surface area (Å²) in [4.78, 5) is 0. The minimum absolute atomic E-state index is 0. The Morgan fingerprint density at radius 1 is 1.05 bits per heavy atom. The van der Waals surface area contributed by atoms with E-state index >= 15 is 0 Å². The molecule has 1 heterocycles. The van der Waals surface area contributed by atoms with Crippen LogP contribution in [0, 0.1) is 5.82 Å². The third kappa shape index (κ3) is 3.10. The number of rotatable bonds is 3. The predicted molar refractivity (Wildman–Crippen MR) is 81.8 cm³/mol. The molecule has 0 N–H and O–H groups in total. The topological polar surface area (TPSA) is 18.5 Å². The van der Waals surface area contributed by atoms with E-state index < -0.39 is 6.55 Å². The molecule has 0 aliphatic carbocycles. The van der Waals surface area contributed by atoms with Gasteiger partial charge in [0, 0.05) is 11.2 Å². The fraction of sp³-hybridized carbons (Fsp3) is 0.625. The molecule has 21 heavy (non-hydrogen) atoms. The normalized spacial score (nSPS) is 23.4. The molecule has 0 bridgehead atoms. The second kappa shape index (κ2) is 6.09. The third-order valence-electron chi connectivity index (χ3n) is 5.12. The van der Waals surface area contributed by atoms with Crippen LogP contribution in [0.1, 0.15) is 48.0 Å². The minimum Gasteiger partial charge on any atom is -0.558 e. The SMILES string of the molecule is CCC(C)[B-]1(c2ccc(F)cc2)OC(C)(C)C(C)(C)O1.[Li+]. The maximum atomic E-state index is 13.2. The first kappa shape index (κ1) is 18.8. The van der Waals surface area contributed by atoms with Gasteiger partial charge in [-0.3, -0.25) is 0 Å². The summed E-state index contributed by atoms with van der Waals surface area (Å²) in [7, 11) is 0. The summed E-state index contributed by atoms with van der Waals surface area (Å²) >= 11 is 0. The Kier molecular flexibility index (Phi) is 5.44. The monoisotopic (exact) mass is 286 g/mol. The van der Waals surface area contributed by atoms with Crippen molar-refractivity contribution in [3.63, 3.8) is 0 Å². The van der Waals surface area contributed by atoms with Crippen molar-refractivity contribution in [2.45, 2.75) is 65.0 Å². The van der Waals surface area contributed by atoms with E-state index in [4.69, 9.17) is 9.31 Å². The van der Waals surface area contributed by atoms with Gasteiger partial charge in [-0.2, -0.15) is 5.46 Å². The second-order valence-corrected chi connectivity index (χ2v) is 6.96. The quantitative estimate of drug-likeness (QED) is 0.768. The van der Waals surface area contributed by atoms with Crippen molar-refractivity contribution in [2.75, 3.05) is 0 Å². The van der Waals surface area contributed by atoms with Gasteiger partial charge < -0.3 is 9.31 Å². The largest absolute Gasteiger partial charge is 1.00 e. The minimum atomic E-state index is -1.60. The van der Waals surface area contributed by atoms with E-state index in [0.717, 1.165) is 11.9 Å². The zero-order valence-electron chi connectivity index (χ0n) is 14.4. The molecule has 2 rings (SSSR count). The molecule has 1 aliphatic heterocycles. The summed E-state index contributed by atoms with van der Waals surface area (Å²) in [5, 5.41) is 0. The van der Waals surface area contributed by atoms with Gasteiger partial charge in [-0.15, -0.1) is 5.82 Å². The molecule has 0 amide bonds. The van der Waals surface area contributed by atoms with E-state index in [2.05, 4.69) is 41.5 Å². The Morgan fingerprint density at radius 3 is 1.86 bits per heavy atom. The van der Waals surface area contributed by atoms with E-state index in [1.54, 1.807) is 12.1 Å². The first-order valence-corrected chi connectivity index (χ1v) is 7.45. The van der Waals surface area contributed by atoms with Gasteiger partial charge in [-0.1, -0.05) is 32.4 Å². The number of hydrogen-bond donors (Lipinski definition) is 0. The maximum absolute atomic E-state index is 13.2. The van der Waals surface area contributed by atoms with Crippen LogP contribution in [0.25, 0.3) is 0 Å². The molecular weight excluding hydrogens is 261 g/mol. The smallest absolute Gasteiger partial charge is 0.558 e. The molecule has 1 fully saturated rings. The van der Waals surface area contributed by atoms with Crippen molar-refractivity contribution in [1.29, 1.82) is 0 Å². The third-order valence-corrected chi connectivity index (χ3v) is 5.12. The Morgan fingerprint density at radius 2 is 1.48 bits per heavy atom. The molecule has 0 aromatic heterocycles. The zero-order valence-corrected chi connectivity index (χ0v) is 14.4. The molecule has 1 aromatic carbocycles. The molecule has 1 unspecified atom stereocenters. The summed E-state index contributed by atoms with van der Waals surface area (Å²) in [5.74, 6) is 0.00174. The molecule has 1 aromatic rings. The fourth-order valence-electron chi connectivity index (χ4n) is 2.92. The molecule has 5 heteroatoms. The number of benzene rings is 1. The van der Waals surface area contributed by atoms with Gasteiger partial charge in [0.25, 0.3) is 6.55 Å². The molecule has 0 spiro atoms. The van der Waals surface area contributed by atoms with Crippen LogP contribution in [0.5, 0.6) is 0 Å². The summed E-state index contributed by atoms with van der Waals surface area (Å²) in [5.41, 5.74) is 0.176. The van der Waals surface area contributed by atoms with Crippen LogP contribution in [0.3, 0.4) is 0 Å². The van der Waals surface area contributed by atoms with E-state index in [0.29, 0.717) is 0 Å². The Balaban J connectivity index is 0.00000220. The Labute approximate surface area is 139 Å². The Bertz CT molecular complexity index is 472. The van der Waals surface area contributed by atoms with Gasteiger partial charge in [-0.05, 0) is 39.8 Å². The van der Waals surface area contributed by atoms with E-state index in [1.165, 1.54) is 12.1 Å². The van der Waals surface area contributed by atoms with Crippen molar-refractivity contribution < 1.29 is 32.6 Å². The first-order chi connectivity index (χ1) is 9.14. The fourth-order valence-corrected chi connectivity index (χ4v) is 2.92. The van der Waals surface area contributed by atoms with Gasteiger partial charge in [0.1, 0.15) is 5.82 Å². The van der Waals surface area contributed by atoms with Crippen molar-refractivity contribution in [3.05, 3.63) is 30.1 Å². The molecule has 1 saturated heterocycles. The van der Waals surface area contributed by atoms with E-state index in [9.17, 15) is 4.39 Å². The van der Waals surface area contributed by atoms with Crippen molar-refractivity contribution in [1.82, 2.24) is 0 Å². The van der Waals surface area contributed by atoms with Gasteiger partial charge >= 0.3 is 18.9 Å². The van der Waals surface area contributed by atoms with Crippen molar-refractivity contribution >= 4 is 12.0 Å². The zero-order chi connectivity index (χ0) is 15.2. The van der Waals surface area contributed by atoms with Crippen LogP contribution >= 0.6 is 0 Å². The molecule has 112 valence electrons. The van der Waals surface area contributed by atoms with Crippen LogP contribution in [0.15, 0.2) is 24.3 Å². The van der Waals surface area contributed by atoms with Crippen LogP contribution in [0.2, 0.25) is 5.82 Å². The van der Waals surface area contributed by atoms with Crippen molar-refractivity contribution in [2.24, 2.45) is 0 Å². The van der Waals surface area contributed by atoms with Gasteiger partial charge in [0.2, 0.25) is 0 Å². The molecule has 1 aliphatic rings. The molecule has 0 radical (unpaired) electrons.